The van der Waals surface area contributed by atoms with Gasteiger partial charge in [0.2, 0.25) is 5.91 Å². The van der Waals surface area contributed by atoms with Crippen LogP contribution in [0.2, 0.25) is 0 Å². The van der Waals surface area contributed by atoms with E-state index < -0.39 is 30.3 Å². The predicted molar refractivity (Wildman–Crippen MR) is 77.9 cm³/mol. The highest BCUT2D eigenvalue weighted by molar-refractivity contribution is 5.85. The summed E-state index contributed by atoms with van der Waals surface area (Å²) < 4.78 is 29.1. The molecule has 0 saturated carbocycles. The first-order valence-corrected chi connectivity index (χ1v) is 7.17. The first-order valence-electron chi connectivity index (χ1n) is 7.17. The molecule has 23 heavy (non-hydrogen) atoms. The molecule has 0 heterocycles. The van der Waals surface area contributed by atoms with Crippen molar-refractivity contribution < 1.29 is 28.2 Å². The fourth-order valence-corrected chi connectivity index (χ4v) is 2.55. The molecule has 0 aliphatic heterocycles. The molecule has 0 spiro atoms. The maximum absolute atomic E-state index is 12.3. The number of halogens is 2. The Balaban J connectivity index is 2.01. The number of aliphatic carboxylic acids is 1. The van der Waals surface area contributed by atoms with Crippen molar-refractivity contribution in [3.63, 3.8) is 0 Å². The zero-order valence-corrected chi connectivity index (χ0v) is 12.2. The van der Waals surface area contributed by atoms with Crippen molar-refractivity contribution in [3.05, 3.63) is 42.0 Å². The summed E-state index contributed by atoms with van der Waals surface area (Å²) in [4.78, 5) is 23.4. The molecule has 2 atom stereocenters. The van der Waals surface area contributed by atoms with Crippen LogP contribution in [0.15, 0.2) is 36.4 Å². The third-order valence-electron chi connectivity index (χ3n) is 3.73. The van der Waals surface area contributed by atoms with Gasteiger partial charge in [-0.3, -0.25) is 9.59 Å². The lowest BCUT2D eigenvalue weighted by Gasteiger charge is -2.24. The highest BCUT2D eigenvalue weighted by Gasteiger charge is 2.33. The van der Waals surface area contributed by atoms with Crippen LogP contribution in [0.4, 0.5) is 8.78 Å². The second-order valence-electron chi connectivity index (χ2n) is 5.20. The van der Waals surface area contributed by atoms with Crippen LogP contribution in [-0.4, -0.2) is 23.6 Å². The van der Waals surface area contributed by atoms with Crippen LogP contribution in [0.25, 0.3) is 0 Å². The SMILES string of the molecule is O=C(O)[C@@H]1CC=CC[C@H]1C(=O)NCc1ccccc1OC(F)F. The number of carbonyl (C=O) groups is 2. The van der Waals surface area contributed by atoms with E-state index in [2.05, 4.69) is 10.1 Å². The monoisotopic (exact) mass is 325 g/mol. The molecule has 0 bridgehead atoms. The molecule has 1 aromatic carbocycles. The molecule has 2 rings (SSSR count). The second-order valence-corrected chi connectivity index (χ2v) is 5.20. The zero-order valence-electron chi connectivity index (χ0n) is 12.2. The Kier molecular flexibility index (Phi) is 5.67. The van der Waals surface area contributed by atoms with Gasteiger partial charge in [-0.2, -0.15) is 8.78 Å². The first kappa shape index (κ1) is 16.9. The van der Waals surface area contributed by atoms with Gasteiger partial charge >= 0.3 is 12.6 Å². The fourth-order valence-electron chi connectivity index (χ4n) is 2.55. The van der Waals surface area contributed by atoms with Crippen molar-refractivity contribution in [2.45, 2.75) is 26.0 Å². The van der Waals surface area contributed by atoms with Gasteiger partial charge in [-0.1, -0.05) is 30.4 Å². The van der Waals surface area contributed by atoms with Gasteiger partial charge in [-0.25, -0.2) is 0 Å². The van der Waals surface area contributed by atoms with Crippen LogP contribution in [0, 0.1) is 11.8 Å². The Morgan fingerprint density at radius 2 is 1.87 bits per heavy atom. The maximum atomic E-state index is 12.3. The quantitative estimate of drug-likeness (QED) is 0.788. The summed E-state index contributed by atoms with van der Waals surface area (Å²) >= 11 is 0. The lowest BCUT2D eigenvalue weighted by atomic mass is 9.82. The lowest BCUT2D eigenvalue weighted by Crippen LogP contribution is -2.38. The predicted octanol–water partition coefficient (Wildman–Crippen LogP) is 2.57. The van der Waals surface area contributed by atoms with Crippen molar-refractivity contribution in [1.29, 1.82) is 0 Å². The first-order chi connectivity index (χ1) is 11.0. The summed E-state index contributed by atoms with van der Waals surface area (Å²) in [7, 11) is 0. The van der Waals surface area contributed by atoms with Crippen LogP contribution in [0.1, 0.15) is 18.4 Å². The average Bonchev–Trinajstić information content (AvgIpc) is 2.53. The van der Waals surface area contributed by atoms with Crippen LogP contribution in [-0.2, 0) is 16.1 Å². The summed E-state index contributed by atoms with van der Waals surface area (Å²) in [6, 6.07) is 6.14. The van der Waals surface area contributed by atoms with Gasteiger partial charge < -0.3 is 15.2 Å². The Morgan fingerprint density at radius 1 is 1.22 bits per heavy atom. The normalized spacial score (nSPS) is 20.3. The van der Waals surface area contributed by atoms with Gasteiger partial charge in [0, 0.05) is 12.1 Å². The van der Waals surface area contributed by atoms with Crippen molar-refractivity contribution in [2.75, 3.05) is 0 Å². The van der Waals surface area contributed by atoms with E-state index in [1.165, 1.54) is 6.07 Å². The minimum atomic E-state index is -2.95. The molecule has 124 valence electrons. The molecule has 0 fully saturated rings. The highest BCUT2D eigenvalue weighted by Crippen LogP contribution is 2.26. The Bertz CT molecular complexity index is 603. The van der Waals surface area contributed by atoms with E-state index in [4.69, 9.17) is 5.11 Å². The number of benzene rings is 1. The molecule has 0 aromatic heterocycles. The van der Waals surface area contributed by atoms with Crippen molar-refractivity contribution >= 4 is 11.9 Å². The van der Waals surface area contributed by atoms with Gasteiger partial charge in [0.15, 0.2) is 0 Å². The number of nitrogens with one attached hydrogen (secondary N) is 1. The smallest absolute Gasteiger partial charge is 0.387 e. The van der Waals surface area contributed by atoms with E-state index in [0.717, 1.165) is 0 Å². The van der Waals surface area contributed by atoms with Gasteiger partial charge in [0.05, 0.1) is 11.8 Å². The molecule has 7 heteroatoms. The number of carboxylic acids is 1. The van der Waals surface area contributed by atoms with Crippen LogP contribution in [0.5, 0.6) is 5.75 Å². The third kappa shape index (κ3) is 4.51. The molecule has 0 unspecified atom stereocenters. The summed E-state index contributed by atoms with van der Waals surface area (Å²) in [6.45, 7) is -2.96. The Labute approximate surface area is 131 Å². The molecule has 0 radical (unpaired) electrons. The molecular formula is C16H17F2NO4. The Morgan fingerprint density at radius 3 is 2.52 bits per heavy atom. The standard InChI is InChI=1S/C16H17F2NO4/c17-16(18)23-13-8-4-1-5-10(13)9-19-14(20)11-6-2-3-7-12(11)15(21)22/h1-5,8,11-12,16H,6-7,9H2,(H,19,20)(H,21,22)/t11-,12-/m1/s1. The van der Waals surface area contributed by atoms with Crippen LogP contribution < -0.4 is 10.1 Å². The van der Waals surface area contributed by atoms with Crippen LogP contribution in [0.3, 0.4) is 0 Å². The number of carboxylic acid groups (broad SMARTS) is 1. The van der Waals surface area contributed by atoms with E-state index in [1.54, 1.807) is 30.4 Å². The topological polar surface area (TPSA) is 75.6 Å². The fraction of sp³-hybridized carbons (Fsp3) is 0.375. The van der Waals surface area contributed by atoms with Gasteiger partial charge in [0.25, 0.3) is 0 Å². The average molecular weight is 325 g/mol. The third-order valence-corrected chi connectivity index (χ3v) is 3.73. The van der Waals surface area contributed by atoms with E-state index in [9.17, 15) is 18.4 Å². The number of hydrogen-bond acceptors (Lipinski definition) is 3. The van der Waals surface area contributed by atoms with Crippen LogP contribution >= 0.6 is 0 Å². The number of carbonyl (C=O) groups excluding carboxylic acids is 1. The van der Waals surface area contributed by atoms with Gasteiger partial charge in [-0.15, -0.1) is 0 Å². The molecule has 2 N–H and O–H groups in total. The van der Waals surface area contributed by atoms with E-state index >= 15 is 0 Å². The summed E-state index contributed by atoms with van der Waals surface area (Å²) in [5.41, 5.74) is 0.402. The summed E-state index contributed by atoms with van der Waals surface area (Å²) in [5, 5.41) is 11.8. The number of alkyl halides is 2. The summed E-state index contributed by atoms with van der Waals surface area (Å²) in [6.07, 6.45) is 4.17. The number of para-hydroxylation sites is 1. The number of rotatable bonds is 6. The minimum Gasteiger partial charge on any atom is -0.481 e. The molecule has 1 aromatic rings. The molecular weight excluding hydrogens is 308 g/mol. The number of allylic oxidation sites excluding steroid dienone is 2. The second kappa shape index (κ2) is 7.71. The largest absolute Gasteiger partial charge is 0.481 e. The van der Waals surface area contributed by atoms with Crippen molar-refractivity contribution in [2.24, 2.45) is 11.8 Å². The zero-order chi connectivity index (χ0) is 16.8. The van der Waals surface area contributed by atoms with Gasteiger partial charge in [-0.05, 0) is 18.9 Å². The molecule has 0 saturated heterocycles. The molecule has 1 aliphatic carbocycles. The summed E-state index contributed by atoms with van der Waals surface area (Å²) in [5.74, 6) is -2.88. The molecule has 1 aliphatic rings. The minimum absolute atomic E-state index is 0.00567. The van der Waals surface area contributed by atoms with E-state index in [-0.39, 0.29) is 12.3 Å². The van der Waals surface area contributed by atoms with Crippen molar-refractivity contribution in [3.8, 4) is 5.75 Å². The molecule has 5 nitrogen and oxygen atoms in total. The number of hydrogen-bond donors (Lipinski definition) is 2. The number of amides is 1. The van der Waals surface area contributed by atoms with Crippen molar-refractivity contribution in [1.82, 2.24) is 5.32 Å². The maximum Gasteiger partial charge on any atom is 0.387 e. The Hall–Kier alpha value is -2.44. The highest BCUT2D eigenvalue weighted by atomic mass is 19.3. The van der Waals surface area contributed by atoms with E-state index in [1.807, 2.05) is 0 Å². The molecule has 1 amide bonds. The lowest BCUT2D eigenvalue weighted by molar-refractivity contribution is -0.147. The van der Waals surface area contributed by atoms with Gasteiger partial charge in [0.1, 0.15) is 5.75 Å². The number of ether oxygens (including phenoxy) is 1. The van der Waals surface area contributed by atoms with E-state index in [0.29, 0.717) is 18.4 Å².